The molecule has 0 aliphatic carbocycles. The van der Waals surface area contributed by atoms with E-state index in [1.54, 1.807) is 12.4 Å². The minimum Gasteiger partial charge on any atom is -0.481 e. The zero-order chi connectivity index (χ0) is 9.84. The third-order valence-corrected chi connectivity index (χ3v) is 1.95. The molecule has 0 spiro atoms. The summed E-state index contributed by atoms with van der Waals surface area (Å²) < 4.78 is 0. The summed E-state index contributed by atoms with van der Waals surface area (Å²) in [6.07, 6.45) is 3.64. The van der Waals surface area contributed by atoms with E-state index in [2.05, 4.69) is 4.98 Å². The molecule has 0 aliphatic heterocycles. The molecule has 0 fully saturated rings. The van der Waals surface area contributed by atoms with Gasteiger partial charge < -0.3 is 5.11 Å². The van der Waals surface area contributed by atoms with E-state index in [0.29, 0.717) is 0 Å². The van der Waals surface area contributed by atoms with Gasteiger partial charge in [0.2, 0.25) is 0 Å². The summed E-state index contributed by atoms with van der Waals surface area (Å²) in [5, 5.41) is 8.59. The lowest BCUT2D eigenvalue weighted by Crippen LogP contribution is -2.03. The summed E-state index contributed by atoms with van der Waals surface area (Å²) in [7, 11) is 0. The Kier molecular flexibility index (Phi) is 3.01. The van der Waals surface area contributed by atoms with E-state index in [1.165, 1.54) is 0 Å². The van der Waals surface area contributed by atoms with E-state index in [9.17, 15) is 4.79 Å². The number of nitrogens with zero attached hydrogens (tertiary/aromatic N) is 1. The molecule has 13 heavy (non-hydrogen) atoms. The molecule has 0 amide bonds. The lowest BCUT2D eigenvalue weighted by molar-refractivity contribution is -0.137. The summed E-state index contributed by atoms with van der Waals surface area (Å²) in [4.78, 5) is 14.5. The van der Waals surface area contributed by atoms with Crippen LogP contribution in [0, 0.1) is 6.92 Å². The second-order valence-electron chi connectivity index (χ2n) is 3.29. The molecule has 1 atom stereocenters. The normalized spacial score (nSPS) is 12.5. The Bertz CT molecular complexity index is 310. The predicted molar refractivity (Wildman–Crippen MR) is 49.6 cm³/mol. The van der Waals surface area contributed by atoms with Gasteiger partial charge in [0.25, 0.3) is 0 Å². The van der Waals surface area contributed by atoms with E-state index in [1.807, 2.05) is 19.9 Å². The molecule has 0 saturated heterocycles. The van der Waals surface area contributed by atoms with Crippen LogP contribution in [0.4, 0.5) is 0 Å². The van der Waals surface area contributed by atoms with Gasteiger partial charge >= 0.3 is 5.97 Å². The number of hydrogen-bond donors (Lipinski definition) is 1. The Balaban J connectivity index is 2.76. The van der Waals surface area contributed by atoms with E-state index in [0.717, 1.165) is 11.1 Å². The van der Waals surface area contributed by atoms with Gasteiger partial charge in [-0.15, -0.1) is 0 Å². The van der Waals surface area contributed by atoms with Crippen LogP contribution in [0.3, 0.4) is 0 Å². The molecule has 70 valence electrons. The van der Waals surface area contributed by atoms with Gasteiger partial charge in [-0.1, -0.05) is 13.0 Å². The quantitative estimate of drug-likeness (QED) is 0.771. The van der Waals surface area contributed by atoms with Crippen LogP contribution in [0.25, 0.3) is 0 Å². The molecule has 1 aromatic rings. The van der Waals surface area contributed by atoms with Crippen LogP contribution in [0.15, 0.2) is 18.5 Å². The first-order chi connectivity index (χ1) is 6.09. The average molecular weight is 179 g/mol. The van der Waals surface area contributed by atoms with E-state index in [-0.39, 0.29) is 12.3 Å². The molecule has 0 aliphatic rings. The number of aryl methyl sites for hydroxylation is 1. The number of rotatable bonds is 3. The van der Waals surface area contributed by atoms with Gasteiger partial charge in [-0.05, 0) is 24.0 Å². The van der Waals surface area contributed by atoms with Crippen molar-refractivity contribution in [3.05, 3.63) is 29.6 Å². The number of aliphatic carboxylic acids is 1. The molecule has 1 N–H and O–H groups in total. The van der Waals surface area contributed by atoms with Crippen molar-refractivity contribution >= 4 is 5.97 Å². The van der Waals surface area contributed by atoms with Crippen LogP contribution in [0.5, 0.6) is 0 Å². The van der Waals surface area contributed by atoms with Crippen LogP contribution in [0.2, 0.25) is 0 Å². The Morgan fingerprint density at radius 3 is 2.85 bits per heavy atom. The highest BCUT2D eigenvalue weighted by atomic mass is 16.4. The fourth-order valence-electron chi connectivity index (χ4n) is 1.23. The zero-order valence-electron chi connectivity index (χ0n) is 7.82. The van der Waals surface area contributed by atoms with E-state index in [4.69, 9.17) is 5.11 Å². The summed E-state index contributed by atoms with van der Waals surface area (Å²) in [5.74, 6) is -0.737. The van der Waals surface area contributed by atoms with Gasteiger partial charge in [0.15, 0.2) is 0 Å². The fourth-order valence-corrected chi connectivity index (χ4v) is 1.23. The maximum absolute atomic E-state index is 10.4. The highest BCUT2D eigenvalue weighted by molar-refractivity contribution is 5.67. The van der Waals surface area contributed by atoms with Crippen molar-refractivity contribution in [2.24, 2.45) is 0 Å². The van der Waals surface area contributed by atoms with Gasteiger partial charge in [-0.2, -0.15) is 0 Å². The number of carboxylic acids is 1. The van der Waals surface area contributed by atoms with E-state index < -0.39 is 5.97 Å². The first kappa shape index (κ1) is 9.71. The molecular formula is C10H13NO2. The van der Waals surface area contributed by atoms with E-state index >= 15 is 0 Å². The first-order valence-electron chi connectivity index (χ1n) is 4.23. The zero-order valence-corrected chi connectivity index (χ0v) is 7.82. The van der Waals surface area contributed by atoms with Crippen molar-refractivity contribution in [2.45, 2.75) is 26.2 Å². The SMILES string of the molecule is Cc1cncc(C(C)CC(=O)O)c1. The number of carbonyl (C=O) groups is 1. The Morgan fingerprint density at radius 1 is 1.62 bits per heavy atom. The van der Waals surface area contributed by atoms with Crippen LogP contribution in [-0.4, -0.2) is 16.1 Å². The third kappa shape index (κ3) is 2.86. The number of carboxylic acid groups (broad SMARTS) is 1. The van der Waals surface area contributed by atoms with Crippen molar-refractivity contribution in [2.75, 3.05) is 0 Å². The van der Waals surface area contributed by atoms with Crippen molar-refractivity contribution in [3.63, 3.8) is 0 Å². The molecular weight excluding hydrogens is 166 g/mol. The summed E-state index contributed by atoms with van der Waals surface area (Å²) in [5.41, 5.74) is 2.05. The Morgan fingerprint density at radius 2 is 2.31 bits per heavy atom. The molecule has 0 radical (unpaired) electrons. The van der Waals surface area contributed by atoms with Gasteiger partial charge in [0.1, 0.15) is 0 Å². The second kappa shape index (κ2) is 4.03. The Hall–Kier alpha value is -1.38. The molecule has 3 nitrogen and oxygen atoms in total. The van der Waals surface area contributed by atoms with Crippen LogP contribution in [0.1, 0.15) is 30.4 Å². The van der Waals surface area contributed by atoms with Crippen molar-refractivity contribution in [1.29, 1.82) is 0 Å². The molecule has 0 bridgehead atoms. The maximum Gasteiger partial charge on any atom is 0.303 e. The lowest BCUT2D eigenvalue weighted by Gasteiger charge is -2.08. The van der Waals surface area contributed by atoms with Gasteiger partial charge in [0.05, 0.1) is 6.42 Å². The fraction of sp³-hybridized carbons (Fsp3) is 0.400. The largest absolute Gasteiger partial charge is 0.481 e. The van der Waals surface area contributed by atoms with Crippen molar-refractivity contribution in [1.82, 2.24) is 4.98 Å². The minimum atomic E-state index is -0.769. The smallest absolute Gasteiger partial charge is 0.303 e. The lowest BCUT2D eigenvalue weighted by atomic mass is 9.99. The van der Waals surface area contributed by atoms with Crippen molar-refractivity contribution in [3.8, 4) is 0 Å². The van der Waals surface area contributed by atoms with Gasteiger partial charge in [-0.3, -0.25) is 9.78 Å². The topological polar surface area (TPSA) is 50.2 Å². The molecule has 1 aromatic heterocycles. The standard InChI is InChI=1S/C10H13NO2/c1-7-3-9(6-11-5-7)8(2)4-10(12)13/h3,5-6,8H,4H2,1-2H3,(H,12,13). The molecule has 1 rings (SSSR count). The first-order valence-corrected chi connectivity index (χ1v) is 4.23. The number of pyridine rings is 1. The number of hydrogen-bond acceptors (Lipinski definition) is 2. The summed E-state index contributed by atoms with van der Waals surface area (Å²) >= 11 is 0. The monoisotopic (exact) mass is 179 g/mol. The van der Waals surface area contributed by atoms with Gasteiger partial charge in [0, 0.05) is 12.4 Å². The molecule has 1 heterocycles. The molecule has 0 aromatic carbocycles. The highest BCUT2D eigenvalue weighted by Gasteiger charge is 2.09. The second-order valence-corrected chi connectivity index (χ2v) is 3.29. The molecule has 1 unspecified atom stereocenters. The molecule has 3 heteroatoms. The van der Waals surface area contributed by atoms with Crippen LogP contribution < -0.4 is 0 Å². The van der Waals surface area contributed by atoms with Crippen LogP contribution >= 0.6 is 0 Å². The third-order valence-electron chi connectivity index (χ3n) is 1.95. The number of aromatic nitrogens is 1. The average Bonchev–Trinajstić information content (AvgIpc) is 2.03. The van der Waals surface area contributed by atoms with Crippen molar-refractivity contribution < 1.29 is 9.90 Å². The predicted octanol–water partition coefficient (Wildman–Crippen LogP) is 1.97. The minimum absolute atomic E-state index is 0.0323. The highest BCUT2D eigenvalue weighted by Crippen LogP contribution is 2.18. The maximum atomic E-state index is 10.4. The summed E-state index contributed by atoms with van der Waals surface area (Å²) in [6, 6.07) is 1.97. The van der Waals surface area contributed by atoms with Gasteiger partial charge in [-0.25, -0.2) is 0 Å². The Labute approximate surface area is 77.4 Å². The summed E-state index contributed by atoms with van der Waals surface area (Å²) in [6.45, 7) is 3.84. The van der Waals surface area contributed by atoms with Crippen LogP contribution in [-0.2, 0) is 4.79 Å². The molecule has 0 saturated carbocycles.